The molecule has 1 aliphatic heterocycles. The topological polar surface area (TPSA) is 74.2 Å². The summed E-state index contributed by atoms with van der Waals surface area (Å²) < 4.78 is 0. The van der Waals surface area contributed by atoms with Gasteiger partial charge in [0.2, 0.25) is 0 Å². The first kappa shape index (κ1) is 16.9. The Kier molecular flexibility index (Phi) is 4.83. The highest BCUT2D eigenvalue weighted by molar-refractivity contribution is 6.07. The Morgan fingerprint density at radius 3 is 2.75 bits per heavy atom. The van der Waals surface area contributed by atoms with Crippen LogP contribution < -0.4 is 10.6 Å². The summed E-state index contributed by atoms with van der Waals surface area (Å²) in [5.74, 6) is 0.420. The number of pyridine rings is 1. The fraction of sp³-hybridized carbons (Fsp3) is 0.474. The van der Waals surface area contributed by atoms with Crippen LogP contribution >= 0.6 is 0 Å². The number of aliphatic hydroxyl groups is 1. The smallest absolute Gasteiger partial charge is 0.252 e. The van der Waals surface area contributed by atoms with E-state index in [4.69, 9.17) is 0 Å². The van der Waals surface area contributed by atoms with Gasteiger partial charge < -0.3 is 15.7 Å². The van der Waals surface area contributed by atoms with Crippen LogP contribution in [0.5, 0.6) is 0 Å². The average molecular weight is 327 g/mol. The summed E-state index contributed by atoms with van der Waals surface area (Å²) in [5, 5.41) is 16.6. The molecule has 5 heteroatoms. The van der Waals surface area contributed by atoms with Crippen molar-refractivity contribution in [3.8, 4) is 0 Å². The van der Waals surface area contributed by atoms with E-state index in [-0.39, 0.29) is 24.3 Å². The van der Waals surface area contributed by atoms with Crippen molar-refractivity contribution in [1.29, 1.82) is 0 Å². The normalized spacial score (nSPS) is 20.5. The lowest BCUT2D eigenvalue weighted by Crippen LogP contribution is -2.33. The number of nitrogens with zero attached hydrogens (tertiary/aromatic N) is 1. The summed E-state index contributed by atoms with van der Waals surface area (Å²) in [5.41, 5.74) is 4.61. The number of fused-ring (bicyclic) bond motifs is 1. The van der Waals surface area contributed by atoms with E-state index >= 15 is 0 Å². The Hall–Kier alpha value is -1.98. The predicted octanol–water partition coefficient (Wildman–Crippen LogP) is 1.72. The molecule has 128 valence electrons. The third-order valence-corrected chi connectivity index (χ3v) is 4.86. The summed E-state index contributed by atoms with van der Waals surface area (Å²) in [6.07, 6.45) is 0. The molecule has 1 saturated heterocycles. The lowest BCUT2D eigenvalue weighted by molar-refractivity contribution is 0.0942. The third-order valence-electron chi connectivity index (χ3n) is 4.86. The van der Waals surface area contributed by atoms with Crippen molar-refractivity contribution >= 4 is 16.8 Å². The van der Waals surface area contributed by atoms with Crippen molar-refractivity contribution in [2.45, 2.75) is 20.8 Å². The molecule has 0 spiro atoms. The molecule has 0 bridgehead atoms. The molecule has 2 atom stereocenters. The summed E-state index contributed by atoms with van der Waals surface area (Å²) >= 11 is 0. The molecule has 5 nitrogen and oxygen atoms in total. The highest BCUT2D eigenvalue weighted by Gasteiger charge is 2.27. The van der Waals surface area contributed by atoms with E-state index in [1.807, 2.05) is 32.9 Å². The van der Waals surface area contributed by atoms with Crippen LogP contribution in [0.2, 0.25) is 0 Å². The molecule has 2 aromatic rings. The SMILES string of the molecule is Cc1cc(C)c2c(C(=O)NC[C@@H]3CNC[C@H]3CO)cc(C)nc2c1. The van der Waals surface area contributed by atoms with Crippen LogP contribution in [-0.2, 0) is 0 Å². The van der Waals surface area contributed by atoms with Gasteiger partial charge in [0, 0.05) is 43.2 Å². The van der Waals surface area contributed by atoms with Gasteiger partial charge in [0.05, 0.1) is 11.1 Å². The minimum Gasteiger partial charge on any atom is -0.396 e. The highest BCUT2D eigenvalue weighted by Crippen LogP contribution is 2.24. The van der Waals surface area contributed by atoms with Crippen LogP contribution in [0.1, 0.15) is 27.2 Å². The van der Waals surface area contributed by atoms with Gasteiger partial charge in [-0.3, -0.25) is 9.78 Å². The summed E-state index contributed by atoms with van der Waals surface area (Å²) in [6.45, 7) is 8.35. The second kappa shape index (κ2) is 6.87. The molecule has 2 heterocycles. The van der Waals surface area contributed by atoms with E-state index < -0.39 is 0 Å². The number of aromatic nitrogens is 1. The molecule has 1 aromatic carbocycles. The van der Waals surface area contributed by atoms with Crippen molar-refractivity contribution in [3.05, 3.63) is 40.6 Å². The van der Waals surface area contributed by atoms with Crippen molar-refractivity contribution in [2.24, 2.45) is 11.8 Å². The Morgan fingerprint density at radius 1 is 1.25 bits per heavy atom. The Labute approximate surface area is 142 Å². The molecule has 0 saturated carbocycles. The number of carbonyl (C=O) groups excluding carboxylic acids is 1. The second-order valence-electron chi connectivity index (χ2n) is 6.86. The maximum atomic E-state index is 12.8. The monoisotopic (exact) mass is 327 g/mol. The van der Waals surface area contributed by atoms with Crippen molar-refractivity contribution in [1.82, 2.24) is 15.6 Å². The zero-order chi connectivity index (χ0) is 17.3. The molecular formula is C19H25N3O2. The minimum absolute atomic E-state index is 0.0685. The van der Waals surface area contributed by atoms with E-state index in [1.54, 1.807) is 0 Å². The largest absolute Gasteiger partial charge is 0.396 e. The maximum Gasteiger partial charge on any atom is 0.252 e. The van der Waals surface area contributed by atoms with Gasteiger partial charge in [-0.1, -0.05) is 6.07 Å². The average Bonchev–Trinajstić information content (AvgIpc) is 2.98. The fourth-order valence-electron chi connectivity index (χ4n) is 3.63. The molecule has 0 unspecified atom stereocenters. The molecule has 1 aliphatic rings. The number of amides is 1. The van der Waals surface area contributed by atoms with E-state index in [0.717, 1.165) is 40.8 Å². The van der Waals surface area contributed by atoms with Crippen molar-refractivity contribution < 1.29 is 9.90 Å². The molecule has 1 aromatic heterocycles. The van der Waals surface area contributed by atoms with E-state index in [1.165, 1.54) is 0 Å². The van der Waals surface area contributed by atoms with Crippen LogP contribution in [-0.4, -0.2) is 42.2 Å². The summed E-state index contributed by atoms with van der Waals surface area (Å²) in [4.78, 5) is 17.4. The molecule has 1 amide bonds. The second-order valence-corrected chi connectivity index (χ2v) is 6.86. The van der Waals surface area contributed by atoms with Crippen molar-refractivity contribution in [3.63, 3.8) is 0 Å². The first-order chi connectivity index (χ1) is 11.5. The van der Waals surface area contributed by atoms with Gasteiger partial charge in [0.1, 0.15) is 0 Å². The molecule has 3 N–H and O–H groups in total. The third kappa shape index (κ3) is 3.28. The van der Waals surface area contributed by atoms with Gasteiger partial charge in [-0.15, -0.1) is 0 Å². The zero-order valence-corrected chi connectivity index (χ0v) is 14.5. The van der Waals surface area contributed by atoms with Crippen LogP contribution in [0.4, 0.5) is 0 Å². The Bertz CT molecular complexity index is 768. The standard InChI is InChI=1S/C19H25N3O2/c1-11-4-12(2)18-16(6-13(3)22-17(18)5-11)19(24)21-9-14-7-20-8-15(14)10-23/h4-6,14-15,20,23H,7-10H2,1-3H3,(H,21,24)/t14-,15-/m0/s1. The number of nitrogens with one attached hydrogen (secondary N) is 2. The number of hydrogen-bond acceptors (Lipinski definition) is 4. The van der Waals surface area contributed by atoms with E-state index in [9.17, 15) is 9.90 Å². The van der Waals surface area contributed by atoms with Crippen LogP contribution in [0.15, 0.2) is 18.2 Å². The van der Waals surface area contributed by atoms with Crippen LogP contribution in [0.3, 0.4) is 0 Å². The lowest BCUT2D eigenvalue weighted by Gasteiger charge is -2.17. The summed E-state index contributed by atoms with van der Waals surface area (Å²) in [6, 6.07) is 5.96. The van der Waals surface area contributed by atoms with E-state index in [2.05, 4.69) is 21.7 Å². The van der Waals surface area contributed by atoms with Crippen molar-refractivity contribution in [2.75, 3.05) is 26.2 Å². The van der Waals surface area contributed by atoms with Crippen LogP contribution in [0.25, 0.3) is 10.9 Å². The van der Waals surface area contributed by atoms with Gasteiger partial charge >= 0.3 is 0 Å². The Morgan fingerprint density at radius 2 is 2.00 bits per heavy atom. The number of carbonyl (C=O) groups is 1. The highest BCUT2D eigenvalue weighted by atomic mass is 16.3. The van der Waals surface area contributed by atoms with Gasteiger partial charge in [0.15, 0.2) is 0 Å². The van der Waals surface area contributed by atoms with E-state index in [0.29, 0.717) is 12.1 Å². The number of benzene rings is 1. The zero-order valence-electron chi connectivity index (χ0n) is 14.5. The minimum atomic E-state index is -0.0685. The maximum absolute atomic E-state index is 12.8. The molecular weight excluding hydrogens is 302 g/mol. The lowest BCUT2D eigenvalue weighted by atomic mass is 9.96. The summed E-state index contributed by atoms with van der Waals surface area (Å²) in [7, 11) is 0. The quantitative estimate of drug-likeness (QED) is 0.799. The number of hydrogen-bond donors (Lipinski definition) is 3. The molecule has 0 radical (unpaired) electrons. The van der Waals surface area contributed by atoms with Gasteiger partial charge in [-0.2, -0.15) is 0 Å². The molecule has 3 rings (SSSR count). The van der Waals surface area contributed by atoms with Gasteiger partial charge in [-0.25, -0.2) is 0 Å². The number of aryl methyl sites for hydroxylation is 3. The first-order valence-corrected chi connectivity index (χ1v) is 8.48. The van der Waals surface area contributed by atoms with Crippen LogP contribution in [0, 0.1) is 32.6 Å². The molecule has 1 fully saturated rings. The molecule has 0 aliphatic carbocycles. The van der Waals surface area contributed by atoms with Gasteiger partial charge in [0.25, 0.3) is 5.91 Å². The van der Waals surface area contributed by atoms with Gasteiger partial charge in [-0.05, 0) is 49.9 Å². The Balaban J connectivity index is 1.87. The predicted molar refractivity (Wildman–Crippen MR) is 95.2 cm³/mol. The fourth-order valence-corrected chi connectivity index (χ4v) is 3.63. The number of aliphatic hydroxyl groups excluding tert-OH is 1. The first-order valence-electron chi connectivity index (χ1n) is 8.48. The molecule has 24 heavy (non-hydrogen) atoms. The number of rotatable bonds is 4.